The molecule has 0 saturated carbocycles. The third-order valence-electron chi connectivity index (χ3n) is 5.77. The minimum absolute atomic E-state index is 0.0171. The number of pyridine rings is 1. The minimum atomic E-state index is -0.355. The van der Waals surface area contributed by atoms with Crippen LogP contribution in [0.15, 0.2) is 60.8 Å². The summed E-state index contributed by atoms with van der Waals surface area (Å²) in [6, 6.07) is 15.7. The molecule has 1 aliphatic rings. The monoisotopic (exact) mass is 434 g/mol. The Morgan fingerprint density at radius 1 is 0.969 bits per heavy atom. The number of carbonyl (C=O) groups excluding carboxylic acids is 2. The van der Waals surface area contributed by atoms with Crippen molar-refractivity contribution in [2.24, 2.45) is 0 Å². The van der Waals surface area contributed by atoms with Crippen LogP contribution in [0.5, 0.6) is 0 Å². The molecule has 2 amide bonds. The lowest BCUT2D eigenvalue weighted by atomic mass is 10.1. The molecule has 1 aliphatic heterocycles. The first-order valence-corrected chi connectivity index (χ1v) is 11.0. The van der Waals surface area contributed by atoms with E-state index in [2.05, 4.69) is 15.2 Å². The van der Waals surface area contributed by atoms with E-state index in [9.17, 15) is 14.0 Å². The standard InChI is InChI=1S/C25H27FN4O2/c26-22-9-7-21(8-10-22)25(32)30-15-3-14-29(16-17-30)18-23(31)27-13-11-20-5-1-4-19-6-2-12-28-24(19)20/h1-2,4-10,12H,3,11,13-18H2,(H,27,31). The van der Waals surface area contributed by atoms with Crippen molar-refractivity contribution in [3.63, 3.8) is 0 Å². The van der Waals surface area contributed by atoms with Crippen molar-refractivity contribution >= 4 is 22.7 Å². The van der Waals surface area contributed by atoms with Crippen molar-refractivity contribution in [1.29, 1.82) is 0 Å². The molecular formula is C25H27FN4O2. The number of amides is 2. The normalized spacial score (nSPS) is 14.8. The van der Waals surface area contributed by atoms with E-state index in [0.717, 1.165) is 35.9 Å². The van der Waals surface area contributed by atoms with Crippen LogP contribution < -0.4 is 5.32 Å². The number of aromatic nitrogens is 1. The van der Waals surface area contributed by atoms with E-state index in [0.29, 0.717) is 38.3 Å². The summed E-state index contributed by atoms with van der Waals surface area (Å²) in [7, 11) is 0. The molecule has 2 aromatic carbocycles. The summed E-state index contributed by atoms with van der Waals surface area (Å²) < 4.78 is 13.1. The van der Waals surface area contributed by atoms with Gasteiger partial charge in [-0.3, -0.25) is 19.5 Å². The fraction of sp³-hybridized carbons (Fsp3) is 0.320. The number of fused-ring (bicyclic) bond motifs is 1. The Kier molecular flexibility index (Phi) is 7.07. The second-order valence-corrected chi connectivity index (χ2v) is 8.02. The average Bonchev–Trinajstić information content (AvgIpc) is 3.05. The fourth-order valence-corrected chi connectivity index (χ4v) is 4.07. The zero-order valence-electron chi connectivity index (χ0n) is 18.0. The van der Waals surface area contributed by atoms with Crippen LogP contribution in [-0.4, -0.2) is 65.9 Å². The van der Waals surface area contributed by atoms with Gasteiger partial charge in [0.25, 0.3) is 5.91 Å². The Bertz CT molecular complexity index is 1080. The molecular weight excluding hydrogens is 407 g/mol. The van der Waals surface area contributed by atoms with Crippen molar-refractivity contribution in [2.45, 2.75) is 12.8 Å². The molecule has 3 aromatic rings. The Balaban J connectivity index is 1.24. The first-order chi connectivity index (χ1) is 15.6. The van der Waals surface area contributed by atoms with E-state index >= 15 is 0 Å². The van der Waals surface area contributed by atoms with Crippen molar-refractivity contribution in [1.82, 2.24) is 20.1 Å². The third-order valence-corrected chi connectivity index (χ3v) is 5.77. The Morgan fingerprint density at radius 3 is 2.62 bits per heavy atom. The molecule has 1 fully saturated rings. The van der Waals surface area contributed by atoms with Gasteiger partial charge in [0.05, 0.1) is 12.1 Å². The van der Waals surface area contributed by atoms with Gasteiger partial charge in [0.1, 0.15) is 5.82 Å². The molecule has 0 spiro atoms. The largest absolute Gasteiger partial charge is 0.355 e. The van der Waals surface area contributed by atoms with Gasteiger partial charge in [-0.05, 0) is 48.7 Å². The number of hydrogen-bond donors (Lipinski definition) is 1. The van der Waals surface area contributed by atoms with Gasteiger partial charge in [0, 0.05) is 49.9 Å². The van der Waals surface area contributed by atoms with Gasteiger partial charge in [-0.2, -0.15) is 0 Å². The highest BCUT2D eigenvalue weighted by atomic mass is 19.1. The zero-order valence-corrected chi connectivity index (χ0v) is 18.0. The summed E-state index contributed by atoms with van der Waals surface area (Å²) in [5.74, 6) is -0.470. The van der Waals surface area contributed by atoms with E-state index in [1.54, 1.807) is 11.1 Å². The lowest BCUT2D eigenvalue weighted by molar-refractivity contribution is -0.122. The summed E-state index contributed by atoms with van der Waals surface area (Å²) in [4.78, 5) is 33.4. The number of nitrogens with one attached hydrogen (secondary N) is 1. The summed E-state index contributed by atoms with van der Waals surface area (Å²) in [5.41, 5.74) is 2.58. The molecule has 0 aliphatic carbocycles. The third kappa shape index (κ3) is 5.48. The first kappa shape index (κ1) is 21.9. The van der Waals surface area contributed by atoms with E-state index in [4.69, 9.17) is 0 Å². The van der Waals surface area contributed by atoms with E-state index in [1.807, 2.05) is 30.3 Å². The first-order valence-electron chi connectivity index (χ1n) is 11.0. The number of halogens is 1. The average molecular weight is 435 g/mol. The van der Waals surface area contributed by atoms with Gasteiger partial charge >= 0.3 is 0 Å². The highest BCUT2D eigenvalue weighted by Crippen LogP contribution is 2.16. The van der Waals surface area contributed by atoms with Gasteiger partial charge in [-0.25, -0.2) is 4.39 Å². The van der Waals surface area contributed by atoms with Gasteiger partial charge < -0.3 is 10.2 Å². The van der Waals surface area contributed by atoms with E-state index in [-0.39, 0.29) is 17.6 Å². The Labute approximate surface area is 187 Å². The summed E-state index contributed by atoms with van der Waals surface area (Å²) in [5, 5.41) is 4.10. The highest BCUT2D eigenvalue weighted by Gasteiger charge is 2.21. The van der Waals surface area contributed by atoms with E-state index in [1.165, 1.54) is 24.3 Å². The van der Waals surface area contributed by atoms with Crippen LogP contribution in [0.4, 0.5) is 4.39 Å². The smallest absolute Gasteiger partial charge is 0.253 e. The Hall–Kier alpha value is -3.32. The van der Waals surface area contributed by atoms with Crippen LogP contribution in [0.2, 0.25) is 0 Å². The van der Waals surface area contributed by atoms with Crippen LogP contribution in [0.3, 0.4) is 0 Å². The molecule has 4 rings (SSSR count). The molecule has 32 heavy (non-hydrogen) atoms. The molecule has 0 radical (unpaired) electrons. The molecule has 1 N–H and O–H groups in total. The molecule has 166 valence electrons. The van der Waals surface area contributed by atoms with Crippen molar-refractivity contribution in [3.8, 4) is 0 Å². The van der Waals surface area contributed by atoms with E-state index < -0.39 is 0 Å². The topological polar surface area (TPSA) is 65.5 Å². The van der Waals surface area contributed by atoms with Crippen LogP contribution in [0.25, 0.3) is 10.9 Å². The molecule has 1 aromatic heterocycles. The number of hydrogen-bond acceptors (Lipinski definition) is 4. The quantitative estimate of drug-likeness (QED) is 0.648. The maximum absolute atomic E-state index is 13.1. The number of para-hydroxylation sites is 1. The van der Waals surface area contributed by atoms with Crippen LogP contribution in [0.1, 0.15) is 22.3 Å². The summed E-state index contributed by atoms with van der Waals surface area (Å²) in [6.07, 6.45) is 3.30. The molecule has 6 nitrogen and oxygen atoms in total. The van der Waals surface area contributed by atoms with Crippen molar-refractivity contribution in [2.75, 3.05) is 39.3 Å². The number of benzene rings is 2. The van der Waals surface area contributed by atoms with Gasteiger partial charge in [0.15, 0.2) is 0 Å². The molecule has 0 unspecified atom stereocenters. The minimum Gasteiger partial charge on any atom is -0.355 e. The molecule has 0 atom stereocenters. The fourth-order valence-electron chi connectivity index (χ4n) is 4.07. The van der Waals surface area contributed by atoms with Gasteiger partial charge in [-0.1, -0.05) is 24.3 Å². The maximum Gasteiger partial charge on any atom is 0.253 e. The SMILES string of the molecule is O=C(CN1CCCN(C(=O)c2ccc(F)cc2)CC1)NCCc1cccc2cccnc12. The number of rotatable bonds is 6. The molecule has 0 bridgehead atoms. The van der Waals surface area contributed by atoms with Crippen LogP contribution in [-0.2, 0) is 11.2 Å². The lowest BCUT2D eigenvalue weighted by Gasteiger charge is -2.22. The second kappa shape index (κ2) is 10.3. The van der Waals surface area contributed by atoms with Crippen LogP contribution in [0, 0.1) is 5.82 Å². The predicted molar refractivity (Wildman–Crippen MR) is 122 cm³/mol. The summed E-state index contributed by atoms with van der Waals surface area (Å²) >= 11 is 0. The predicted octanol–water partition coefficient (Wildman–Crippen LogP) is 2.88. The van der Waals surface area contributed by atoms with Gasteiger partial charge in [0.2, 0.25) is 5.91 Å². The second-order valence-electron chi connectivity index (χ2n) is 8.02. The number of nitrogens with zero attached hydrogens (tertiary/aromatic N) is 3. The van der Waals surface area contributed by atoms with Crippen LogP contribution >= 0.6 is 0 Å². The Morgan fingerprint density at radius 2 is 1.78 bits per heavy atom. The van der Waals surface area contributed by atoms with Crippen molar-refractivity contribution < 1.29 is 14.0 Å². The van der Waals surface area contributed by atoms with Crippen molar-refractivity contribution in [3.05, 3.63) is 77.7 Å². The highest BCUT2D eigenvalue weighted by molar-refractivity contribution is 5.94. The zero-order chi connectivity index (χ0) is 22.3. The number of carbonyl (C=O) groups is 2. The maximum atomic E-state index is 13.1. The summed E-state index contributed by atoms with van der Waals surface area (Å²) in [6.45, 7) is 3.43. The molecule has 7 heteroatoms. The van der Waals surface area contributed by atoms with Gasteiger partial charge in [-0.15, -0.1) is 0 Å². The molecule has 1 saturated heterocycles. The molecule has 2 heterocycles. The lowest BCUT2D eigenvalue weighted by Crippen LogP contribution is -2.40.